The van der Waals surface area contributed by atoms with E-state index in [1.807, 2.05) is 18.2 Å². The summed E-state index contributed by atoms with van der Waals surface area (Å²) in [6, 6.07) is 18.1. The molecule has 0 aromatic heterocycles. The maximum Gasteiger partial charge on any atom is 0.175 e. The summed E-state index contributed by atoms with van der Waals surface area (Å²) in [4.78, 5) is 2.71. The number of sulfone groups is 1. The summed E-state index contributed by atoms with van der Waals surface area (Å²) in [7, 11) is -1.00. The Kier molecular flexibility index (Phi) is 4.41. The fourth-order valence-electron chi connectivity index (χ4n) is 3.25. The Morgan fingerprint density at radius 2 is 1.70 bits per heavy atom. The molecule has 0 bridgehead atoms. The van der Waals surface area contributed by atoms with E-state index in [9.17, 15) is 8.42 Å². The van der Waals surface area contributed by atoms with Crippen LogP contribution in [-0.2, 0) is 9.84 Å². The summed E-state index contributed by atoms with van der Waals surface area (Å²) in [5.41, 5.74) is 2.26. The van der Waals surface area contributed by atoms with Crippen molar-refractivity contribution in [3.63, 3.8) is 0 Å². The highest BCUT2D eigenvalue weighted by molar-refractivity contribution is 7.90. The van der Waals surface area contributed by atoms with E-state index in [0.717, 1.165) is 18.7 Å². The molecule has 2 atom stereocenters. The summed E-state index contributed by atoms with van der Waals surface area (Å²) in [6.07, 6.45) is 2.29. The first kappa shape index (κ1) is 16.0. The van der Waals surface area contributed by atoms with Gasteiger partial charge in [-0.1, -0.05) is 30.3 Å². The minimum Gasteiger partial charge on any atom is -0.380 e. The predicted molar refractivity (Wildman–Crippen MR) is 93.4 cm³/mol. The third kappa shape index (κ3) is 3.57. The van der Waals surface area contributed by atoms with Crippen molar-refractivity contribution in [3.8, 4) is 0 Å². The van der Waals surface area contributed by atoms with Gasteiger partial charge in [-0.3, -0.25) is 4.90 Å². The molecule has 23 heavy (non-hydrogen) atoms. The maximum absolute atomic E-state index is 11.5. The first-order valence-electron chi connectivity index (χ1n) is 7.77. The van der Waals surface area contributed by atoms with E-state index >= 15 is 0 Å². The first-order chi connectivity index (χ1) is 10.9. The van der Waals surface area contributed by atoms with Crippen LogP contribution in [0.4, 0.5) is 5.69 Å². The molecule has 5 heteroatoms. The molecule has 3 rings (SSSR count). The molecule has 0 spiro atoms. The average molecular weight is 330 g/mol. The molecule has 1 aliphatic heterocycles. The smallest absolute Gasteiger partial charge is 0.175 e. The maximum atomic E-state index is 11.5. The van der Waals surface area contributed by atoms with E-state index in [4.69, 9.17) is 0 Å². The summed E-state index contributed by atoms with van der Waals surface area (Å²) in [6.45, 7) is 1.04. The van der Waals surface area contributed by atoms with E-state index in [2.05, 4.69) is 41.5 Å². The molecule has 122 valence electrons. The fraction of sp³-hybridized carbons (Fsp3) is 0.333. The van der Waals surface area contributed by atoms with Gasteiger partial charge in [0.1, 0.15) is 0 Å². The van der Waals surface area contributed by atoms with Gasteiger partial charge < -0.3 is 5.32 Å². The van der Waals surface area contributed by atoms with E-state index in [-0.39, 0.29) is 0 Å². The number of likely N-dealkylation sites (tertiary alicyclic amines) is 1. The SMILES string of the molecule is CN1CC[C@@H](Nc2ccc(S(C)(=O)=O)cc2)[C@H]1c1ccccc1. The molecular weight excluding hydrogens is 308 g/mol. The third-order valence-electron chi connectivity index (χ3n) is 4.42. The van der Waals surface area contributed by atoms with Gasteiger partial charge in [0.2, 0.25) is 0 Å². The number of likely N-dealkylation sites (N-methyl/N-ethyl adjacent to an activating group) is 1. The summed E-state index contributed by atoms with van der Waals surface area (Å²) in [5, 5.41) is 3.56. The minimum atomic E-state index is -3.15. The molecule has 0 saturated carbocycles. The van der Waals surface area contributed by atoms with Crippen molar-refractivity contribution in [1.82, 2.24) is 4.90 Å². The molecule has 0 radical (unpaired) electrons. The zero-order valence-corrected chi connectivity index (χ0v) is 14.3. The van der Waals surface area contributed by atoms with Gasteiger partial charge in [-0.05, 0) is 43.3 Å². The second kappa shape index (κ2) is 6.34. The number of benzene rings is 2. The van der Waals surface area contributed by atoms with Crippen LogP contribution < -0.4 is 5.32 Å². The number of nitrogens with zero attached hydrogens (tertiary/aromatic N) is 1. The Balaban J connectivity index is 1.79. The standard InChI is InChI=1S/C18H22N2O2S/c1-20-13-12-17(18(20)14-6-4-3-5-7-14)19-15-8-10-16(11-9-15)23(2,21)22/h3-11,17-19H,12-13H2,1-2H3/t17-,18-/m1/s1. The van der Waals surface area contributed by atoms with Crippen LogP contribution in [0.5, 0.6) is 0 Å². The van der Waals surface area contributed by atoms with Gasteiger partial charge in [0.05, 0.1) is 10.9 Å². The van der Waals surface area contributed by atoms with E-state index in [1.165, 1.54) is 11.8 Å². The molecule has 4 nitrogen and oxygen atoms in total. The number of rotatable bonds is 4. The molecule has 1 fully saturated rings. The number of hydrogen-bond donors (Lipinski definition) is 1. The topological polar surface area (TPSA) is 49.4 Å². The molecule has 1 saturated heterocycles. The Morgan fingerprint density at radius 1 is 1.04 bits per heavy atom. The van der Waals surface area contributed by atoms with E-state index < -0.39 is 9.84 Å². The molecule has 1 heterocycles. The van der Waals surface area contributed by atoms with Gasteiger partial charge in [0, 0.05) is 24.5 Å². The molecular formula is C18H22N2O2S. The lowest BCUT2D eigenvalue weighted by Gasteiger charge is -2.27. The third-order valence-corrected chi connectivity index (χ3v) is 5.55. The zero-order chi connectivity index (χ0) is 16.4. The van der Waals surface area contributed by atoms with Crippen molar-refractivity contribution in [2.24, 2.45) is 0 Å². The van der Waals surface area contributed by atoms with Crippen LogP contribution in [0.25, 0.3) is 0 Å². The van der Waals surface area contributed by atoms with Gasteiger partial charge in [-0.25, -0.2) is 8.42 Å². The van der Waals surface area contributed by atoms with Gasteiger partial charge in [-0.2, -0.15) is 0 Å². The van der Waals surface area contributed by atoms with Crippen molar-refractivity contribution in [2.75, 3.05) is 25.2 Å². The second-order valence-electron chi connectivity index (χ2n) is 6.17. The zero-order valence-electron chi connectivity index (χ0n) is 13.4. The van der Waals surface area contributed by atoms with Crippen LogP contribution in [0.15, 0.2) is 59.5 Å². The van der Waals surface area contributed by atoms with E-state index in [0.29, 0.717) is 17.0 Å². The highest BCUT2D eigenvalue weighted by atomic mass is 32.2. The lowest BCUT2D eigenvalue weighted by Crippen LogP contribution is -2.29. The molecule has 2 aromatic carbocycles. The molecule has 1 N–H and O–H groups in total. The van der Waals surface area contributed by atoms with Gasteiger partial charge >= 0.3 is 0 Å². The number of anilines is 1. The Morgan fingerprint density at radius 3 is 2.30 bits per heavy atom. The highest BCUT2D eigenvalue weighted by Crippen LogP contribution is 2.33. The van der Waals surface area contributed by atoms with Crippen LogP contribution >= 0.6 is 0 Å². The quantitative estimate of drug-likeness (QED) is 0.936. The predicted octanol–water partition coefficient (Wildman–Crippen LogP) is 2.95. The first-order valence-corrected chi connectivity index (χ1v) is 9.66. The van der Waals surface area contributed by atoms with Crippen molar-refractivity contribution in [1.29, 1.82) is 0 Å². The van der Waals surface area contributed by atoms with Crippen LogP contribution in [0, 0.1) is 0 Å². The monoisotopic (exact) mass is 330 g/mol. The normalized spacial score (nSPS) is 22.2. The average Bonchev–Trinajstić information content (AvgIpc) is 2.88. The highest BCUT2D eigenvalue weighted by Gasteiger charge is 2.32. The minimum absolute atomic E-state index is 0.312. The second-order valence-corrected chi connectivity index (χ2v) is 8.19. The molecule has 0 aliphatic carbocycles. The Bertz CT molecular complexity index is 757. The van der Waals surface area contributed by atoms with Crippen molar-refractivity contribution in [2.45, 2.75) is 23.4 Å². The van der Waals surface area contributed by atoms with Crippen LogP contribution in [0.2, 0.25) is 0 Å². The van der Waals surface area contributed by atoms with E-state index in [1.54, 1.807) is 12.1 Å². The number of nitrogens with one attached hydrogen (secondary N) is 1. The van der Waals surface area contributed by atoms with Gasteiger partial charge in [-0.15, -0.1) is 0 Å². The van der Waals surface area contributed by atoms with Crippen LogP contribution in [0.3, 0.4) is 0 Å². The Labute approximate surface area is 138 Å². The molecule has 2 aromatic rings. The number of hydrogen-bond acceptors (Lipinski definition) is 4. The van der Waals surface area contributed by atoms with Crippen molar-refractivity contribution < 1.29 is 8.42 Å². The van der Waals surface area contributed by atoms with Gasteiger partial charge in [0.25, 0.3) is 0 Å². The van der Waals surface area contributed by atoms with Crippen LogP contribution in [-0.4, -0.2) is 39.2 Å². The lowest BCUT2D eigenvalue weighted by atomic mass is 10.00. The van der Waals surface area contributed by atoms with Crippen molar-refractivity contribution in [3.05, 3.63) is 60.2 Å². The van der Waals surface area contributed by atoms with Crippen LogP contribution in [0.1, 0.15) is 18.0 Å². The van der Waals surface area contributed by atoms with Crippen molar-refractivity contribution >= 4 is 15.5 Å². The molecule has 1 aliphatic rings. The molecule has 0 unspecified atom stereocenters. The Hall–Kier alpha value is -1.85. The summed E-state index contributed by atoms with van der Waals surface area (Å²) >= 11 is 0. The fourth-order valence-corrected chi connectivity index (χ4v) is 3.88. The summed E-state index contributed by atoms with van der Waals surface area (Å²) in [5.74, 6) is 0. The largest absolute Gasteiger partial charge is 0.380 e. The lowest BCUT2D eigenvalue weighted by molar-refractivity contribution is 0.309. The van der Waals surface area contributed by atoms with Gasteiger partial charge in [0.15, 0.2) is 9.84 Å². The summed E-state index contributed by atoms with van der Waals surface area (Å²) < 4.78 is 23.1. The molecule has 0 amide bonds.